The zero-order valence-electron chi connectivity index (χ0n) is 12.0. The molecule has 1 heterocycles. The highest BCUT2D eigenvalue weighted by atomic mass is 79.9. The molecule has 1 aliphatic heterocycles. The number of halogens is 1. The smallest absolute Gasteiger partial charge is 0.236 e. The number of carbonyl (C=O) groups is 1. The van der Waals surface area contributed by atoms with Gasteiger partial charge in [0.1, 0.15) is 13.2 Å². The van der Waals surface area contributed by atoms with E-state index < -0.39 is 0 Å². The molecule has 110 valence electrons. The number of hydrogen-bond acceptors (Lipinski definition) is 4. The Labute approximate surface area is 127 Å². The second-order valence-corrected chi connectivity index (χ2v) is 5.90. The molecule has 0 fully saturated rings. The standard InChI is InChI=1S/C14H19BrN2O3/c1-16(2)14(18)9-17(3)8-10-6-12-13(7-11(10)15)20-5-4-19-12/h6-7H,4-5,8-9H2,1-3H3. The summed E-state index contributed by atoms with van der Waals surface area (Å²) in [6.45, 7) is 2.20. The summed E-state index contributed by atoms with van der Waals surface area (Å²) in [4.78, 5) is 15.3. The molecule has 1 aliphatic rings. The Morgan fingerprint density at radius 2 is 1.80 bits per heavy atom. The van der Waals surface area contributed by atoms with Gasteiger partial charge in [0.15, 0.2) is 11.5 Å². The predicted octanol–water partition coefficient (Wildman–Crippen LogP) is 1.74. The Morgan fingerprint density at radius 3 is 2.40 bits per heavy atom. The second-order valence-electron chi connectivity index (χ2n) is 5.05. The van der Waals surface area contributed by atoms with Crippen molar-refractivity contribution in [1.29, 1.82) is 0 Å². The molecule has 0 atom stereocenters. The summed E-state index contributed by atoms with van der Waals surface area (Å²) in [5, 5.41) is 0. The molecule has 5 nitrogen and oxygen atoms in total. The number of ether oxygens (including phenoxy) is 2. The van der Waals surface area contributed by atoms with Crippen LogP contribution in [0.3, 0.4) is 0 Å². The van der Waals surface area contributed by atoms with E-state index >= 15 is 0 Å². The fourth-order valence-corrected chi connectivity index (χ4v) is 2.39. The number of benzene rings is 1. The van der Waals surface area contributed by atoms with E-state index in [1.165, 1.54) is 0 Å². The number of amides is 1. The van der Waals surface area contributed by atoms with Crippen LogP contribution in [-0.2, 0) is 11.3 Å². The highest BCUT2D eigenvalue weighted by molar-refractivity contribution is 9.10. The molecule has 0 aromatic heterocycles. The molecule has 1 aromatic rings. The maximum atomic E-state index is 11.7. The highest BCUT2D eigenvalue weighted by Gasteiger charge is 2.16. The van der Waals surface area contributed by atoms with E-state index in [1.807, 2.05) is 24.1 Å². The van der Waals surface area contributed by atoms with Crippen molar-refractivity contribution < 1.29 is 14.3 Å². The monoisotopic (exact) mass is 342 g/mol. The molecule has 6 heteroatoms. The van der Waals surface area contributed by atoms with E-state index in [2.05, 4.69) is 15.9 Å². The third-order valence-corrected chi connectivity index (χ3v) is 3.79. The maximum absolute atomic E-state index is 11.7. The zero-order valence-corrected chi connectivity index (χ0v) is 13.6. The van der Waals surface area contributed by atoms with Crippen molar-refractivity contribution in [1.82, 2.24) is 9.80 Å². The lowest BCUT2D eigenvalue weighted by Crippen LogP contribution is -2.34. The van der Waals surface area contributed by atoms with Crippen molar-refractivity contribution in [3.05, 3.63) is 22.2 Å². The minimum absolute atomic E-state index is 0.0844. The number of rotatable bonds is 4. The van der Waals surface area contributed by atoms with Gasteiger partial charge in [0.2, 0.25) is 5.91 Å². The minimum atomic E-state index is 0.0844. The maximum Gasteiger partial charge on any atom is 0.236 e. The van der Waals surface area contributed by atoms with Crippen molar-refractivity contribution in [2.24, 2.45) is 0 Å². The summed E-state index contributed by atoms with van der Waals surface area (Å²) in [5.41, 5.74) is 1.07. The molecule has 2 rings (SSSR count). The first-order valence-corrected chi connectivity index (χ1v) is 7.23. The predicted molar refractivity (Wildman–Crippen MR) is 80.2 cm³/mol. The Hall–Kier alpha value is -1.27. The lowest BCUT2D eigenvalue weighted by molar-refractivity contribution is -0.129. The van der Waals surface area contributed by atoms with E-state index in [1.54, 1.807) is 19.0 Å². The quantitative estimate of drug-likeness (QED) is 0.835. The first-order valence-electron chi connectivity index (χ1n) is 6.44. The average Bonchev–Trinajstić information content (AvgIpc) is 2.39. The van der Waals surface area contributed by atoms with Gasteiger partial charge >= 0.3 is 0 Å². The Balaban J connectivity index is 2.07. The van der Waals surface area contributed by atoms with Gasteiger partial charge in [0, 0.05) is 25.1 Å². The lowest BCUT2D eigenvalue weighted by Gasteiger charge is -2.22. The van der Waals surface area contributed by atoms with Crippen LogP contribution < -0.4 is 9.47 Å². The number of hydrogen-bond donors (Lipinski definition) is 0. The molecular formula is C14H19BrN2O3. The van der Waals surface area contributed by atoms with E-state index in [0.29, 0.717) is 26.3 Å². The summed E-state index contributed by atoms with van der Waals surface area (Å²) in [6, 6.07) is 3.89. The molecule has 0 spiro atoms. The van der Waals surface area contributed by atoms with Crippen molar-refractivity contribution in [2.45, 2.75) is 6.54 Å². The van der Waals surface area contributed by atoms with Gasteiger partial charge in [-0.3, -0.25) is 9.69 Å². The number of likely N-dealkylation sites (N-methyl/N-ethyl adjacent to an activating group) is 2. The third-order valence-electron chi connectivity index (χ3n) is 3.06. The van der Waals surface area contributed by atoms with Crippen LogP contribution in [0.2, 0.25) is 0 Å². The van der Waals surface area contributed by atoms with Crippen LogP contribution in [0.5, 0.6) is 11.5 Å². The molecule has 0 bridgehead atoms. The van der Waals surface area contributed by atoms with Gasteiger partial charge in [-0.25, -0.2) is 0 Å². The van der Waals surface area contributed by atoms with E-state index in [0.717, 1.165) is 21.5 Å². The minimum Gasteiger partial charge on any atom is -0.486 e. The molecule has 1 amide bonds. The first-order chi connectivity index (χ1) is 9.47. The van der Waals surface area contributed by atoms with Gasteiger partial charge in [-0.2, -0.15) is 0 Å². The Kier molecular flexibility index (Phi) is 4.88. The van der Waals surface area contributed by atoms with Crippen LogP contribution in [0.25, 0.3) is 0 Å². The first kappa shape index (κ1) is 15.1. The van der Waals surface area contributed by atoms with Crippen LogP contribution in [0, 0.1) is 0 Å². The normalized spacial score (nSPS) is 13.4. The number of carbonyl (C=O) groups excluding carboxylic acids is 1. The SMILES string of the molecule is CN(CC(=O)N(C)C)Cc1cc2c(cc1Br)OCCO2. The molecule has 1 aromatic carbocycles. The fourth-order valence-electron chi connectivity index (χ4n) is 1.95. The molecule has 20 heavy (non-hydrogen) atoms. The van der Waals surface area contributed by atoms with E-state index in [-0.39, 0.29) is 5.91 Å². The van der Waals surface area contributed by atoms with Gasteiger partial charge in [0.25, 0.3) is 0 Å². The van der Waals surface area contributed by atoms with Crippen molar-refractivity contribution in [3.63, 3.8) is 0 Å². The van der Waals surface area contributed by atoms with Crippen LogP contribution in [0.15, 0.2) is 16.6 Å². The van der Waals surface area contributed by atoms with Crippen molar-refractivity contribution >= 4 is 21.8 Å². The Bertz CT molecular complexity index is 505. The number of fused-ring (bicyclic) bond motifs is 1. The van der Waals surface area contributed by atoms with Crippen molar-refractivity contribution in [2.75, 3.05) is 40.9 Å². The van der Waals surface area contributed by atoms with Crippen molar-refractivity contribution in [3.8, 4) is 11.5 Å². The summed E-state index contributed by atoms with van der Waals surface area (Å²) in [5.74, 6) is 1.61. The number of nitrogens with zero attached hydrogens (tertiary/aromatic N) is 2. The van der Waals surface area contributed by atoms with E-state index in [4.69, 9.17) is 9.47 Å². The molecule has 0 N–H and O–H groups in total. The van der Waals surface area contributed by atoms with Gasteiger partial charge in [-0.05, 0) is 24.7 Å². The summed E-state index contributed by atoms with van der Waals surface area (Å²) in [6.07, 6.45) is 0. The lowest BCUT2D eigenvalue weighted by atomic mass is 10.2. The Morgan fingerprint density at radius 1 is 1.20 bits per heavy atom. The largest absolute Gasteiger partial charge is 0.486 e. The van der Waals surface area contributed by atoms with Gasteiger partial charge in [-0.1, -0.05) is 15.9 Å². The summed E-state index contributed by atoms with van der Waals surface area (Å²) < 4.78 is 12.1. The third kappa shape index (κ3) is 3.64. The summed E-state index contributed by atoms with van der Waals surface area (Å²) >= 11 is 3.54. The molecular weight excluding hydrogens is 324 g/mol. The topological polar surface area (TPSA) is 42.0 Å². The molecule has 0 unspecified atom stereocenters. The van der Waals surface area contributed by atoms with Gasteiger partial charge in [0.05, 0.1) is 6.54 Å². The fraction of sp³-hybridized carbons (Fsp3) is 0.500. The zero-order chi connectivity index (χ0) is 14.7. The van der Waals surface area contributed by atoms with Crippen LogP contribution in [0.4, 0.5) is 0 Å². The van der Waals surface area contributed by atoms with Crippen LogP contribution in [0.1, 0.15) is 5.56 Å². The highest BCUT2D eigenvalue weighted by Crippen LogP contribution is 2.35. The molecule has 0 saturated carbocycles. The van der Waals surface area contributed by atoms with Gasteiger partial charge in [-0.15, -0.1) is 0 Å². The van der Waals surface area contributed by atoms with Crippen LogP contribution in [-0.4, -0.2) is 56.6 Å². The van der Waals surface area contributed by atoms with Gasteiger partial charge < -0.3 is 14.4 Å². The second kappa shape index (κ2) is 6.45. The van der Waals surface area contributed by atoms with Crippen LogP contribution >= 0.6 is 15.9 Å². The molecule has 0 aliphatic carbocycles. The average molecular weight is 343 g/mol. The molecule has 0 saturated heterocycles. The van der Waals surface area contributed by atoms with E-state index in [9.17, 15) is 4.79 Å². The molecule has 0 radical (unpaired) electrons. The summed E-state index contributed by atoms with van der Waals surface area (Å²) in [7, 11) is 5.44.